The van der Waals surface area contributed by atoms with E-state index in [-0.39, 0.29) is 30.2 Å². The predicted octanol–water partition coefficient (Wildman–Crippen LogP) is 3.89. The number of aryl methyl sites for hydroxylation is 1. The number of oxazole rings is 1. The number of piperazine rings is 1. The fourth-order valence-electron chi connectivity index (χ4n) is 4.35. The minimum atomic E-state index is -0.449. The molecule has 0 spiro atoms. The molecule has 2 amide bonds. The van der Waals surface area contributed by atoms with E-state index in [0.29, 0.717) is 54.4 Å². The molecule has 9 heteroatoms. The summed E-state index contributed by atoms with van der Waals surface area (Å²) < 4.78 is 25.9. The van der Waals surface area contributed by atoms with E-state index in [0.717, 1.165) is 0 Å². The number of rotatable bonds is 9. The van der Waals surface area contributed by atoms with Crippen molar-refractivity contribution < 1.29 is 23.1 Å². The van der Waals surface area contributed by atoms with E-state index in [2.05, 4.69) is 21.8 Å². The average molecular weight is 507 g/mol. The zero-order valence-electron chi connectivity index (χ0n) is 21.0. The Balaban J connectivity index is 1.45. The van der Waals surface area contributed by atoms with Gasteiger partial charge in [-0.3, -0.25) is 14.5 Å². The molecule has 4 rings (SSSR count). The molecule has 0 saturated carbocycles. The molecule has 1 fully saturated rings. The van der Waals surface area contributed by atoms with Crippen LogP contribution in [0.3, 0.4) is 0 Å². The third kappa shape index (κ3) is 6.62. The van der Waals surface area contributed by atoms with E-state index >= 15 is 0 Å². The molecular weight excluding hydrogens is 475 g/mol. The highest BCUT2D eigenvalue weighted by molar-refractivity contribution is 5.94. The fourth-order valence-corrected chi connectivity index (χ4v) is 4.35. The third-order valence-electron chi connectivity index (χ3n) is 6.46. The average Bonchev–Trinajstić information content (AvgIpc) is 3.42. The van der Waals surface area contributed by atoms with Gasteiger partial charge in [0.2, 0.25) is 5.91 Å². The molecule has 2 aromatic carbocycles. The van der Waals surface area contributed by atoms with E-state index in [1.807, 2.05) is 13.0 Å². The number of ether oxygens (including phenoxy) is 1. The number of nitrogens with one attached hydrogen (secondary N) is 1. The van der Waals surface area contributed by atoms with Crippen molar-refractivity contribution in [1.82, 2.24) is 20.1 Å². The van der Waals surface area contributed by atoms with Gasteiger partial charge in [-0.05, 0) is 61.4 Å². The van der Waals surface area contributed by atoms with Crippen molar-refractivity contribution in [2.24, 2.45) is 0 Å². The van der Waals surface area contributed by atoms with Gasteiger partial charge in [0.25, 0.3) is 5.91 Å². The van der Waals surface area contributed by atoms with Crippen LogP contribution in [-0.2, 0) is 11.3 Å². The van der Waals surface area contributed by atoms with Crippen LogP contribution in [0.2, 0.25) is 0 Å². The third-order valence-corrected chi connectivity index (χ3v) is 6.46. The van der Waals surface area contributed by atoms with Crippen molar-refractivity contribution in [3.8, 4) is 5.75 Å². The normalized spacial score (nSPS) is 16.7. The summed E-state index contributed by atoms with van der Waals surface area (Å²) in [7, 11) is 0. The maximum Gasteiger partial charge on any atom is 0.251 e. The highest BCUT2D eigenvalue weighted by Gasteiger charge is 2.28. The fraction of sp³-hybridized carbons (Fsp3) is 0.321. The second-order valence-electron chi connectivity index (χ2n) is 9.13. The molecule has 0 unspecified atom stereocenters. The number of amides is 2. The van der Waals surface area contributed by atoms with E-state index < -0.39 is 6.10 Å². The Hall–Kier alpha value is -3.98. The Morgan fingerprint density at radius 2 is 2.05 bits per heavy atom. The first kappa shape index (κ1) is 26.1. The highest BCUT2D eigenvalue weighted by Crippen LogP contribution is 2.26. The number of aromatic nitrogens is 1. The molecule has 2 heterocycles. The Morgan fingerprint density at radius 1 is 1.27 bits per heavy atom. The van der Waals surface area contributed by atoms with Gasteiger partial charge in [0.05, 0.1) is 12.7 Å². The van der Waals surface area contributed by atoms with Crippen LogP contribution in [0.4, 0.5) is 4.39 Å². The van der Waals surface area contributed by atoms with Crippen LogP contribution in [0.5, 0.6) is 5.75 Å². The van der Waals surface area contributed by atoms with Crippen molar-refractivity contribution >= 4 is 11.8 Å². The van der Waals surface area contributed by atoms with Gasteiger partial charge in [-0.2, -0.15) is 0 Å². The molecule has 2 atom stereocenters. The largest absolute Gasteiger partial charge is 0.484 e. The molecule has 8 nitrogen and oxygen atoms in total. The van der Waals surface area contributed by atoms with Crippen LogP contribution < -0.4 is 10.1 Å². The lowest BCUT2D eigenvalue weighted by atomic mass is 10.0. The van der Waals surface area contributed by atoms with Crippen LogP contribution >= 0.6 is 0 Å². The monoisotopic (exact) mass is 506 g/mol. The quantitative estimate of drug-likeness (QED) is 0.443. The maximum absolute atomic E-state index is 14.4. The molecule has 0 bridgehead atoms. The van der Waals surface area contributed by atoms with Crippen LogP contribution in [0.15, 0.2) is 72.1 Å². The molecule has 1 aliphatic rings. The maximum atomic E-state index is 14.4. The summed E-state index contributed by atoms with van der Waals surface area (Å²) in [5.74, 6) is 0.503. The second-order valence-corrected chi connectivity index (χ2v) is 9.13. The number of benzene rings is 2. The highest BCUT2D eigenvalue weighted by atomic mass is 19.1. The van der Waals surface area contributed by atoms with E-state index in [1.54, 1.807) is 48.4 Å². The Bertz CT molecular complexity index is 1230. The molecule has 1 aliphatic heterocycles. The van der Waals surface area contributed by atoms with Crippen molar-refractivity contribution in [2.45, 2.75) is 32.5 Å². The molecular formula is C28H31FN4O4. The first-order chi connectivity index (χ1) is 17.8. The van der Waals surface area contributed by atoms with Gasteiger partial charge in [-0.25, -0.2) is 9.37 Å². The minimum absolute atomic E-state index is 0.0180. The molecule has 37 heavy (non-hydrogen) atoms. The predicted molar refractivity (Wildman–Crippen MR) is 136 cm³/mol. The zero-order valence-corrected chi connectivity index (χ0v) is 21.0. The number of nitrogens with zero attached hydrogens (tertiary/aromatic N) is 3. The smallest absolute Gasteiger partial charge is 0.251 e. The Kier molecular flexibility index (Phi) is 8.35. The Morgan fingerprint density at radius 3 is 2.70 bits per heavy atom. The van der Waals surface area contributed by atoms with Crippen LogP contribution in [0.25, 0.3) is 0 Å². The topological polar surface area (TPSA) is 87.9 Å². The number of carbonyl (C=O) groups is 2. The first-order valence-corrected chi connectivity index (χ1v) is 12.2. The van der Waals surface area contributed by atoms with Crippen LogP contribution in [0, 0.1) is 12.7 Å². The summed E-state index contributed by atoms with van der Waals surface area (Å²) >= 11 is 0. The lowest BCUT2D eigenvalue weighted by Crippen LogP contribution is -2.54. The van der Waals surface area contributed by atoms with Gasteiger partial charge in [-0.1, -0.05) is 18.7 Å². The van der Waals surface area contributed by atoms with Crippen molar-refractivity contribution in [2.75, 3.05) is 26.2 Å². The number of hydrogen-bond donors (Lipinski definition) is 1. The van der Waals surface area contributed by atoms with Crippen LogP contribution in [-0.4, -0.2) is 58.8 Å². The lowest BCUT2D eigenvalue weighted by Gasteiger charge is -2.40. The van der Waals surface area contributed by atoms with Gasteiger partial charge in [-0.15, -0.1) is 0 Å². The zero-order chi connectivity index (χ0) is 26.4. The van der Waals surface area contributed by atoms with E-state index in [4.69, 9.17) is 9.15 Å². The standard InChI is InChI=1S/C28H31FN4O4/c1-4-27(34)33-12-11-32(16-20(33)3)17-26(22-6-5-19(2)25(29)13-22)37-23-9-7-21(8-10-23)28(35)31-15-24-14-30-18-36-24/h4-10,13-14,18,20,26H,1,11-12,15-17H2,2-3H3,(H,31,35)/t20-,26+/m1/s1. The summed E-state index contributed by atoms with van der Waals surface area (Å²) in [6.45, 7) is 9.98. The number of hydrogen-bond acceptors (Lipinski definition) is 6. The van der Waals surface area contributed by atoms with Crippen molar-refractivity contribution in [3.05, 3.63) is 96.0 Å². The summed E-state index contributed by atoms with van der Waals surface area (Å²) in [6.07, 6.45) is 3.75. The summed E-state index contributed by atoms with van der Waals surface area (Å²) in [4.78, 5) is 32.4. The molecule has 1 N–H and O–H groups in total. The molecule has 1 saturated heterocycles. The van der Waals surface area contributed by atoms with Gasteiger partial charge in [0.1, 0.15) is 23.4 Å². The molecule has 3 aromatic rings. The van der Waals surface area contributed by atoms with E-state index in [9.17, 15) is 14.0 Å². The lowest BCUT2D eigenvalue weighted by molar-refractivity contribution is -0.130. The Labute approximate surface area is 215 Å². The minimum Gasteiger partial charge on any atom is -0.484 e. The second kappa shape index (κ2) is 11.8. The summed E-state index contributed by atoms with van der Waals surface area (Å²) in [5, 5.41) is 2.78. The molecule has 1 aromatic heterocycles. The first-order valence-electron chi connectivity index (χ1n) is 12.2. The number of carbonyl (C=O) groups excluding carboxylic acids is 2. The number of halogens is 1. The van der Waals surface area contributed by atoms with Crippen LogP contribution in [0.1, 0.15) is 40.3 Å². The summed E-state index contributed by atoms with van der Waals surface area (Å²) in [6, 6.07) is 11.9. The van der Waals surface area contributed by atoms with Gasteiger partial charge >= 0.3 is 0 Å². The van der Waals surface area contributed by atoms with Gasteiger partial charge in [0, 0.05) is 37.8 Å². The van der Waals surface area contributed by atoms with Crippen molar-refractivity contribution in [1.29, 1.82) is 0 Å². The van der Waals surface area contributed by atoms with Crippen molar-refractivity contribution in [3.63, 3.8) is 0 Å². The molecule has 0 radical (unpaired) electrons. The van der Waals surface area contributed by atoms with E-state index in [1.165, 1.54) is 18.5 Å². The van der Waals surface area contributed by atoms with Gasteiger partial charge < -0.3 is 19.4 Å². The molecule has 0 aliphatic carbocycles. The SMILES string of the molecule is C=CC(=O)N1CCN(C[C@H](Oc2ccc(C(=O)NCc3cnco3)cc2)c2ccc(C)c(F)c2)C[C@H]1C. The molecule has 194 valence electrons. The summed E-state index contributed by atoms with van der Waals surface area (Å²) in [5.41, 5.74) is 1.75. The van der Waals surface area contributed by atoms with Gasteiger partial charge in [0.15, 0.2) is 6.39 Å².